The number of carbonyl (C=O) groups is 1. The molecule has 1 atom stereocenters. The summed E-state index contributed by atoms with van der Waals surface area (Å²) >= 11 is 0. The molecule has 1 unspecified atom stereocenters. The van der Waals surface area contributed by atoms with E-state index >= 15 is 0 Å². The van der Waals surface area contributed by atoms with Gasteiger partial charge in [-0.3, -0.25) is 4.79 Å². The first-order valence-electron chi connectivity index (χ1n) is 3.51. The van der Waals surface area contributed by atoms with E-state index in [9.17, 15) is 4.79 Å². The van der Waals surface area contributed by atoms with Crippen LogP contribution in [0.25, 0.3) is 0 Å². The van der Waals surface area contributed by atoms with Crippen LogP contribution in [0.15, 0.2) is 0 Å². The van der Waals surface area contributed by atoms with Gasteiger partial charge in [0.15, 0.2) is 0 Å². The maximum atomic E-state index is 10.2. The third-order valence-electron chi connectivity index (χ3n) is 1.09. The zero-order chi connectivity index (χ0) is 7.98. The van der Waals surface area contributed by atoms with Gasteiger partial charge in [0.25, 0.3) is 0 Å². The molecule has 3 nitrogen and oxygen atoms in total. The van der Waals surface area contributed by atoms with E-state index in [0.717, 1.165) is 6.42 Å². The Balaban J connectivity index is 0.000000236. The molecule has 0 aromatic rings. The molecule has 60 valence electrons. The number of esters is 1. The fourth-order valence-electron chi connectivity index (χ4n) is 0.663. The van der Waals surface area contributed by atoms with E-state index in [4.69, 9.17) is 9.84 Å². The van der Waals surface area contributed by atoms with E-state index in [0.29, 0.717) is 6.42 Å². The minimum absolute atomic E-state index is 0.0486. The van der Waals surface area contributed by atoms with Crippen LogP contribution in [-0.2, 0) is 9.53 Å². The van der Waals surface area contributed by atoms with Gasteiger partial charge in [0.1, 0.15) is 0 Å². The highest BCUT2D eigenvalue weighted by Crippen LogP contribution is 2.11. The highest BCUT2D eigenvalue weighted by Gasteiger charge is 2.17. The van der Waals surface area contributed by atoms with Crippen LogP contribution in [0.2, 0.25) is 0 Å². The van der Waals surface area contributed by atoms with Gasteiger partial charge in [0, 0.05) is 13.0 Å². The van der Waals surface area contributed by atoms with E-state index in [1.807, 2.05) is 6.92 Å². The second-order valence-electron chi connectivity index (χ2n) is 2.16. The zero-order valence-electron chi connectivity index (χ0n) is 6.46. The van der Waals surface area contributed by atoms with Gasteiger partial charge in [-0.05, 0) is 20.3 Å². The highest BCUT2D eigenvalue weighted by molar-refractivity contribution is 5.71. The van der Waals surface area contributed by atoms with E-state index in [1.165, 1.54) is 0 Å². The number of hydrogen-bond acceptors (Lipinski definition) is 3. The summed E-state index contributed by atoms with van der Waals surface area (Å²) in [6.07, 6.45) is 1.69. The van der Waals surface area contributed by atoms with Crippen LogP contribution in [0.3, 0.4) is 0 Å². The molecule has 1 heterocycles. The van der Waals surface area contributed by atoms with Crippen molar-refractivity contribution in [3.05, 3.63) is 0 Å². The third-order valence-corrected chi connectivity index (χ3v) is 1.09. The van der Waals surface area contributed by atoms with Crippen molar-refractivity contribution in [2.24, 2.45) is 0 Å². The lowest BCUT2D eigenvalue weighted by Crippen LogP contribution is -1.98. The van der Waals surface area contributed by atoms with Crippen molar-refractivity contribution in [2.75, 3.05) is 6.61 Å². The van der Waals surface area contributed by atoms with Crippen molar-refractivity contribution >= 4 is 5.97 Å². The fourth-order valence-corrected chi connectivity index (χ4v) is 0.663. The Labute approximate surface area is 61.0 Å². The molecule has 0 bridgehead atoms. The summed E-state index contributed by atoms with van der Waals surface area (Å²) in [5.41, 5.74) is 0. The molecule has 0 radical (unpaired) electrons. The monoisotopic (exact) mass is 146 g/mol. The van der Waals surface area contributed by atoms with Crippen molar-refractivity contribution in [1.29, 1.82) is 0 Å². The first-order valence-corrected chi connectivity index (χ1v) is 3.51. The number of aliphatic hydroxyl groups is 1. The summed E-state index contributed by atoms with van der Waals surface area (Å²) in [6.45, 7) is 3.84. The summed E-state index contributed by atoms with van der Waals surface area (Å²) in [4.78, 5) is 10.2. The smallest absolute Gasteiger partial charge is 0.306 e. The van der Waals surface area contributed by atoms with E-state index in [2.05, 4.69) is 0 Å². The molecule has 0 aromatic carbocycles. The maximum absolute atomic E-state index is 10.2. The molecule has 1 fully saturated rings. The van der Waals surface area contributed by atoms with Gasteiger partial charge in [-0.15, -0.1) is 0 Å². The average molecular weight is 146 g/mol. The molecule has 0 aromatic heterocycles. The van der Waals surface area contributed by atoms with E-state index in [-0.39, 0.29) is 18.7 Å². The minimum atomic E-state index is -0.0486. The molecular formula is C7H14O3. The van der Waals surface area contributed by atoms with E-state index in [1.54, 1.807) is 6.92 Å². The SMILES string of the molecule is CC1CCC(=O)O1.CCO. The van der Waals surface area contributed by atoms with Gasteiger partial charge in [-0.25, -0.2) is 0 Å². The number of hydrogen-bond donors (Lipinski definition) is 1. The molecule has 0 amide bonds. The number of carbonyl (C=O) groups excluding carboxylic acids is 1. The summed E-state index contributed by atoms with van der Waals surface area (Å²) < 4.78 is 4.72. The summed E-state index contributed by atoms with van der Waals surface area (Å²) in [5.74, 6) is -0.0486. The topological polar surface area (TPSA) is 46.5 Å². The third kappa shape index (κ3) is 4.32. The van der Waals surface area contributed by atoms with Crippen LogP contribution in [0, 0.1) is 0 Å². The van der Waals surface area contributed by atoms with Gasteiger partial charge in [0.05, 0.1) is 6.10 Å². The Kier molecular flexibility index (Phi) is 4.94. The molecule has 0 spiro atoms. The molecule has 3 heteroatoms. The lowest BCUT2D eigenvalue weighted by molar-refractivity contribution is -0.140. The molecule has 1 rings (SSSR count). The molecule has 1 aliphatic rings. The molecule has 1 aliphatic heterocycles. The summed E-state index contributed by atoms with van der Waals surface area (Å²) in [7, 11) is 0. The van der Waals surface area contributed by atoms with Gasteiger partial charge in [-0.2, -0.15) is 0 Å². The average Bonchev–Trinajstić information content (AvgIpc) is 2.17. The van der Waals surface area contributed by atoms with Crippen LogP contribution in [0.5, 0.6) is 0 Å². The molecule has 1 N–H and O–H groups in total. The molecule has 1 saturated heterocycles. The number of rotatable bonds is 0. The van der Waals surface area contributed by atoms with Crippen molar-refractivity contribution < 1.29 is 14.6 Å². The lowest BCUT2D eigenvalue weighted by atomic mass is 10.3. The first kappa shape index (κ1) is 9.43. The van der Waals surface area contributed by atoms with Crippen molar-refractivity contribution in [1.82, 2.24) is 0 Å². The molecule has 0 aliphatic carbocycles. The maximum Gasteiger partial charge on any atom is 0.306 e. The van der Waals surface area contributed by atoms with Crippen LogP contribution < -0.4 is 0 Å². The fraction of sp³-hybridized carbons (Fsp3) is 0.857. The number of cyclic esters (lactones) is 1. The predicted octanol–water partition coefficient (Wildman–Crippen LogP) is 0.710. The number of aliphatic hydroxyl groups excluding tert-OH is 1. The Morgan fingerprint density at radius 1 is 1.80 bits per heavy atom. The van der Waals surface area contributed by atoms with E-state index < -0.39 is 0 Å². The second kappa shape index (κ2) is 5.23. The van der Waals surface area contributed by atoms with Crippen LogP contribution in [0.1, 0.15) is 26.7 Å². The standard InChI is InChI=1S/C5H8O2.C2H6O/c1-4-2-3-5(6)7-4;1-2-3/h4H,2-3H2,1H3;3H,2H2,1H3. The largest absolute Gasteiger partial charge is 0.463 e. The minimum Gasteiger partial charge on any atom is -0.463 e. The van der Waals surface area contributed by atoms with Crippen LogP contribution in [0.4, 0.5) is 0 Å². The van der Waals surface area contributed by atoms with Crippen molar-refractivity contribution in [3.63, 3.8) is 0 Å². The summed E-state index contributed by atoms with van der Waals surface area (Å²) in [5, 5.41) is 7.57. The Morgan fingerprint density at radius 3 is 2.40 bits per heavy atom. The normalized spacial score (nSPS) is 23.1. The molecule has 0 saturated carbocycles. The van der Waals surface area contributed by atoms with Crippen molar-refractivity contribution in [2.45, 2.75) is 32.8 Å². The quantitative estimate of drug-likeness (QED) is 0.512. The van der Waals surface area contributed by atoms with Gasteiger partial charge < -0.3 is 9.84 Å². The van der Waals surface area contributed by atoms with Gasteiger partial charge in [0.2, 0.25) is 0 Å². The van der Waals surface area contributed by atoms with Crippen LogP contribution in [-0.4, -0.2) is 23.8 Å². The zero-order valence-corrected chi connectivity index (χ0v) is 6.46. The lowest BCUT2D eigenvalue weighted by Gasteiger charge is -1.95. The van der Waals surface area contributed by atoms with Crippen LogP contribution >= 0.6 is 0 Å². The highest BCUT2D eigenvalue weighted by atomic mass is 16.5. The first-order chi connectivity index (χ1) is 4.70. The Morgan fingerprint density at radius 2 is 2.30 bits per heavy atom. The van der Waals surface area contributed by atoms with Gasteiger partial charge >= 0.3 is 5.97 Å². The summed E-state index contributed by atoms with van der Waals surface area (Å²) in [6, 6.07) is 0. The Bertz CT molecular complexity index is 101. The predicted molar refractivity (Wildman–Crippen MR) is 37.5 cm³/mol. The van der Waals surface area contributed by atoms with Gasteiger partial charge in [-0.1, -0.05) is 0 Å². The molecule has 10 heavy (non-hydrogen) atoms. The number of ether oxygens (including phenoxy) is 1. The Hall–Kier alpha value is -0.570. The van der Waals surface area contributed by atoms with Crippen molar-refractivity contribution in [3.8, 4) is 0 Å². The molecular weight excluding hydrogens is 132 g/mol. The second-order valence-corrected chi connectivity index (χ2v) is 2.16.